The average Bonchev–Trinajstić information content (AvgIpc) is 3.83. The fraction of sp³-hybridized carbons (Fsp3) is 0.520. The molecule has 2 atom stereocenters. The van der Waals surface area contributed by atoms with Crippen LogP contribution >= 0.6 is 15.9 Å². The minimum Gasteiger partial charge on any atom is -1.00 e. The third-order valence-corrected chi connectivity index (χ3v) is 13.6. The number of nitrogens with zero attached hydrogens (tertiary/aromatic N) is 4. The van der Waals surface area contributed by atoms with Crippen LogP contribution in [-0.2, 0) is 25.7 Å². The molecule has 2 aliphatic heterocycles. The molecule has 4 aromatic rings. The molecule has 0 spiro atoms. The van der Waals surface area contributed by atoms with E-state index in [0.29, 0.717) is 12.1 Å². The first-order chi connectivity index (χ1) is 26.8. The Balaban J connectivity index is 0.000000202. The monoisotopic (exact) mass is 884 g/mol. The molecule has 0 bridgehead atoms. The van der Waals surface area contributed by atoms with Crippen molar-refractivity contribution >= 4 is 27.3 Å². The molecule has 8 rings (SSSR count). The Kier molecular flexibility index (Phi) is 17.0. The van der Waals surface area contributed by atoms with E-state index in [1.165, 1.54) is 130 Å². The van der Waals surface area contributed by atoms with Crippen LogP contribution in [0, 0.1) is 13.8 Å². The molecule has 4 aromatic carbocycles. The SMILES string of the molecule is CBr.Cc1ccccc1N(CC[C@H]1CCCCN1C)C1Cc2ccccc2C1.Cc1ccccc1N(CC[C@H]1CCCC[N+]1(C)C)C1Cc2ccccc2C1.[Br-]. The topological polar surface area (TPSA) is 9.72 Å². The second-order valence-electron chi connectivity index (χ2n) is 17.5. The van der Waals surface area contributed by atoms with E-state index >= 15 is 0 Å². The Labute approximate surface area is 360 Å². The third kappa shape index (κ3) is 11.1. The van der Waals surface area contributed by atoms with Gasteiger partial charge in [0.2, 0.25) is 0 Å². The number of anilines is 2. The lowest BCUT2D eigenvalue weighted by Crippen LogP contribution is -3.00. The minimum atomic E-state index is 0. The van der Waals surface area contributed by atoms with Crippen molar-refractivity contribution < 1.29 is 21.5 Å². The van der Waals surface area contributed by atoms with E-state index in [0.717, 1.165) is 12.1 Å². The van der Waals surface area contributed by atoms with Crippen LogP contribution in [-0.4, -0.2) is 86.7 Å². The van der Waals surface area contributed by atoms with Gasteiger partial charge in [0, 0.05) is 49.0 Å². The molecular weight excluding hydrogens is 816 g/mol. The van der Waals surface area contributed by atoms with Gasteiger partial charge in [-0.2, -0.15) is 0 Å². The Bertz CT molecular complexity index is 1740. The van der Waals surface area contributed by atoms with Crippen LogP contribution in [0.2, 0.25) is 0 Å². The summed E-state index contributed by atoms with van der Waals surface area (Å²) in [6.45, 7) is 9.48. The summed E-state index contributed by atoms with van der Waals surface area (Å²) in [4.78, 5) is 8.05. The molecular formula is C50H70Br2N4. The highest BCUT2D eigenvalue weighted by Crippen LogP contribution is 2.34. The predicted molar refractivity (Wildman–Crippen MR) is 241 cm³/mol. The van der Waals surface area contributed by atoms with E-state index in [9.17, 15) is 0 Å². The van der Waals surface area contributed by atoms with Gasteiger partial charge in [-0.15, -0.1) is 0 Å². The van der Waals surface area contributed by atoms with E-state index < -0.39 is 0 Å². The largest absolute Gasteiger partial charge is 1.00 e. The molecule has 4 aliphatic rings. The number of quaternary nitrogens is 1. The number of likely N-dealkylation sites (tertiary alicyclic amines) is 2. The van der Waals surface area contributed by atoms with Gasteiger partial charge in [0.25, 0.3) is 0 Å². The Morgan fingerprint density at radius 1 is 0.589 bits per heavy atom. The number of hydrogen-bond acceptors (Lipinski definition) is 3. The maximum atomic E-state index is 2.94. The standard InChI is InChI=1S/C25H35N2.C24H32N2.CH3Br.BrH/c1-20-10-4-7-14-25(20)26(16-15-24-13-8-9-17-27(24,2)3)23-18-21-11-5-6-12-22(21)19-23;1-19-9-3-6-13-24(19)26(16-14-22-12-7-8-15-25(22)2)23-17-20-10-4-5-11-21(20)18-23;1-2;/h4-7,10-12,14,23-24H,8-9,13,15-19H2,1-3H3;3-6,9-11,13,22-23H,7-8,12,14-18H2,1-2H3;1H3;1H/q+1;;;/p-1/t24-;22-;;/m11../s1. The lowest BCUT2D eigenvalue weighted by atomic mass is 9.96. The van der Waals surface area contributed by atoms with E-state index in [-0.39, 0.29) is 17.0 Å². The van der Waals surface area contributed by atoms with Gasteiger partial charge in [-0.1, -0.05) is 107 Å². The number of hydrogen-bond donors (Lipinski definition) is 0. The van der Waals surface area contributed by atoms with Crippen LogP contribution < -0.4 is 26.8 Å². The number of fused-ring (bicyclic) bond motifs is 2. The maximum absolute atomic E-state index is 2.94. The number of alkyl halides is 1. The highest BCUT2D eigenvalue weighted by atomic mass is 79.9. The van der Waals surface area contributed by atoms with Gasteiger partial charge in [-0.25, -0.2) is 0 Å². The molecule has 0 amide bonds. The van der Waals surface area contributed by atoms with Crippen LogP contribution in [0.3, 0.4) is 0 Å². The summed E-state index contributed by atoms with van der Waals surface area (Å²) in [5.74, 6) is 1.81. The molecule has 0 aromatic heterocycles. The van der Waals surface area contributed by atoms with Crippen molar-refractivity contribution in [2.75, 3.05) is 63.0 Å². The number of aryl methyl sites for hydroxylation is 2. The molecule has 0 N–H and O–H groups in total. The smallest absolute Gasteiger partial charge is 0.0903 e. The van der Waals surface area contributed by atoms with E-state index in [1.54, 1.807) is 22.3 Å². The summed E-state index contributed by atoms with van der Waals surface area (Å²) in [5, 5.41) is 0. The molecule has 2 aliphatic carbocycles. The summed E-state index contributed by atoms with van der Waals surface area (Å²) in [6, 6.07) is 38.7. The van der Waals surface area contributed by atoms with Gasteiger partial charge in [-0.05, 0) is 143 Å². The molecule has 0 unspecified atom stereocenters. The van der Waals surface area contributed by atoms with Crippen LogP contribution in [0.4, 0.5) is 11.4 Å². The van der Waals surface area contributed by atoms with Gasteiger partial charge in [0.05, 0.1) is 26.7 Å². The molecule has 0 radical (unpaired) electrons. The van der Waals surface area contributed by atoms with Crippen LogP contribution in [0.5, 0.6) is 0 Å². The summed E-state index contributed by atoms with van der Waals surface area (Å²) >= 11 is 2.94. The van der Waals surface area contributed by atoms with Gasteiger partial charge < -0.3 is 36.2 Å². The minimum absolute atomic E-state index is 0. The summed E-state index contributed by atoms with van der Waals surface area (Å²) in [6.07, 6.45) is 15.6. The van der Waals surface area contributed by atoms with E-state index in [1.807, 2.05) is 5.83 Å². The summed E-state index contributed by atoms with van der Waals surface area (Å²) in [5.41, 5.74) is 11.9. The Morgan fingerprint density at radius 2 is 1.02 bits per heavy atom. The van der Waals surface area contributed by atoms with E-state index in [2.05, 4.69) is 163 Å². The van der Waals surface area contributed by atoms with Crippen molar-refractivity contribution in [3.05, 3.63) is 130 Å². The number of halogens is 2. The van der Waals surface area contributed by atoms with Gasteiger partial charge in [0.15, 0.2) is 0 Å². The zero-order chi connectivity index (χ0) is 38.8. The molecule has 0 saturated carbocycles. The fourth-order valence-electron chi connectivity index (χ4n) is 10.3. The molecule has 2 saturated heterocycles. The predicted octanol–water partition coefficient (Wildman–Crippen LogP) is 7.85. The normalized spacial score (nSPS) is 20.3. The third-order valence-electron chi connectivity index (χ3n) is 13.6. The molecule has 2 fully saturated rings. The zero-order valence-electron chi connectivity index (χ0n) is 35.4. The number of benzene rings is 4. The van der Waals surface area contributed by atoms with Gasteiger partial charge in [0.1, 0.15) is 0 Å². The van der Waals surface area contributed by atoms with Gasteiger partial charge in [-0.3, -0.25) is 0 Å². The quantitative estimate of drug-likeness (QED) is 0.119. The van der Waals surface area contributed by atoms with Crippen LogP contribution in [0.1, 0.15) is 84.7 Å². The van der Waals surface area contributed by atoms with Crippen LogP contribution in [0.25, 0.3) is 0 Å². The van der Waals surface area contributed by atoms with Crippen molar-refractivity contribution in [1.29, 1.82) is 0 Å². The summed E-state index contributed by atoms with van der Waals surface area (Å²) < 4.78 is 1.20. The Hall–Kier alpha value is -2.64. The lowest BCUT2D eigenvalue weighted by Gasteiger charge is -2.43. The van der Waals surface area contributed by atoms with Crippen molar-refractivity contribution in [2.24, 2.45) is 0 Å². The second kappa shape index (κ2) is 21.4. The maximum Gasteiger partial charge on any atom is 0.0903 e. The van der Waals surface area contributed by atoms with Crippen LogP contribution in [0.15, 0.2) is 97.1 Å². The second-order valence-corrected chi connectivity index (χ2v) is 17.5. The number of piperidine rings is 2. The van der Waals surface area contributed by atoms with Crippen molar-refractivity contribution in [2.45, 2.75) is 115 Å². The van der Waals surface area contributed by atoms with E-state index in [4.69, 9.17) is 0 Å². The molecule has 6 heteroatoms. The molecule has 2 heterocycles. The Morgan fingerprint density at radius 3 is 1.46 bits per heavy atom. The highest BCUT2D eigenvalue weighted by Gasteiger charge is 2.34. The molecule has 4 nitrogen and oxygen atoms in total. The zero-order valence-corrected chi connectivity index (χ0v) is 38.6. The van der Waals surface area contributed by atoms with Gasteiger partial charge >= 0.3 is 0 Å². The molecule has 304 valence electrons. The highest BCUT2D eigenvalue weighted by molar-refractivity contribution is 9.08. The fourth-order valence-corrected chi connectivity index (χ4v) is 10.3. The first-order valence-electron chi connectivity index (χ1n) is 21.5. The van der Waals surface area contributed by atoms with Crippen molar-refractivity contribution in [3.63, 3.8) is 0 Å². The van der Waals surface area contributed by atoms with Crippen molar-refractivity contribution in [1.82, 2.24) is 4.90 Å². The average molecular weight is 887 g/mol. The number of para-hydroxylation sites is 2. The first kappa shape index (κ1) is 44.5. The molecule has 56 heavy (non-hydrogen) atoms. The lowest BCUT2D eigenvalue weighted by molar-refractivity contribution is -0.920. The summed E-state index contributed by atoms with van der Waals surface area (Å²) in [7, 11) is 7.19. The first-order valence-corrected chi connectivity index (χ1v) is 23.0. The van der Waals surface area contributed by atoms with Crippen molar-refractivity contribution in [3.8, 4) is 0 Å². The number of rotatable bonds is 10.